The van der Waals surface area contributed by atoms with Gasteiger partial charge in [-0.15, -0.1) is 0 Å². The van der Waals surface area contributed by atoms with Crippen LogP contribution in [0.2, 0.25) is 0 Å². The number of amides is 1. The summed E-state index contributed by atoms with van der Waals surface area (Å²) >= 11 is 0. The highest BCUT2D eigenvalue weighted by molar-refractivity contribution is 5.81. The number of nitrogens with zero attached hydrogens (tertiary/aromatic N) is 2. The first kappa shape index (κ1) is 13.8. The zero-order chi connectivity index (χ0) is 14.5. The fourth-order valence-corrected chi connectivity index (χ4v) is 2.44. The van der Waals surface area contributed by atoms with Crippen LogP contribution in [0.4, 0.5) is 0 Å². The predicted octanol–water partition coefficient (Wildman–Crippen LogP) is 1.18. The van der Waals surface area contributed by atoms with E-state index in [-0.39, 0.29) is 5.91 Å². The maximum atomic E-state index is 11.6. The van der Waals surface area contributed by atoms with Crippen molar-refractivity contribution in [2.45, 2.75) is 25.5 Å². The molecule has 0 saturated carbocycles. The Hall–Kier alpha value is -2.14. The molecular formula is C16H19N3O2. The number of carbonyl (C=O) groups is 1. The number of aryl methyl sites for hydroxylation is 2. The van der Waals surface area contributed by atoms with E-state index in [1.165, 1.54) is 5.56 Å². The lowest BCUT2D eigenvalue weighted by atomic mass is 10.1. The highest BCUT2D eigenvalue weighted by atomic mass is 16.5. The first-order chi connectivity index (χ1) is 10.3. The van der Waals surface area contributed by atoms with Gasteiger partial charge >= 0.3 is 0 Å². The first-order valence-electron chi connectivity index (χ1n) is 7.25. The predicted molar refractivity (Wildman–Crippen MR) is 78.8 cm³/mol. The molecule has 5 nitrogen and oxygen atoms in total. The molecule has 1 aliphatic heterocycles. The average molecular weight is 285 g/mol. The van der Waals surface area contributed by atoms with E-state index >= 15 is 0 Å². The van der Waals surface area contributed by atoms with Gasteiger partial charge < -0.3 is 14.6 Å². The smallest absolute Gasteiger partial charge is 0.249 e. The average Bonchev–Trinajstić information content (AvgIpc) is 2.96. The quantitative estimate of drug-likeness (QED) is 0.897. The number of hydrogen-bond acceptors (Lipinski definition) is 3. The molecule has 0 spiro atoms. The molecular weight excluding hydrogens is 266 g/mol. The Morgan fingerprint density at radius 2 is 2.19 bits per heavy atom. The third-order valence-electron chi connectivity index (χ3n) is 3.60. The van der Waals surface area contributed by atoms with E-state index in [0.717, 1.165) is 18.7 Å². The fourth-order valence-electron chi connectivity index (χ4n) is 2.44. The Morgan fingerprint density at radius 1 is 1.33 bits per heavy atom. The second-order valence-corrected chi connectivity index (χ2v) is 5.19. The van der Waals surface area contributed by atoms with Gasteiger partial charge in [0.2, 0.25) is 5.91 Å². The largest absolute Gasteiger partial charge is 0.366 e. The highest BCUT2D eigenvalue weighted by Gasteiger charge is 2.23. The van der Waals surface area contributed by atoms with Gasteiger partial charge in [0.15, 0.2) is 0 Å². The van der Waals surface area contributed by atoms with Crippen LogP contribution in [-0.2, 0) is 28.9 Å². The molecule has 0 bridgehead atoms. The van der Waals surface area contributed by atoms with E-state index < -0.39 is 6.10 Å². The van der Waals surface area contributed by atoms with Gasteiger partial charge in [-0.2, -0.15) is 0 Å². The van der Waals surface area contributed by atoms with E-state index in [0.29, 0.717) is 19.6 Å². The number of carbonyl (C=O) groups excluding carboxylic acids is 1. The third kappa shape index (κ3) is 3.70. The number of imidazole rings is 1. The lowest BCUT2D eigenvalue weighted by Crippen LogP contribution is -2.45. The van der Waals surface area contributed by atoms with Crippen LogP contribution in [0, 0.1) is 0 Å². The molecule has 0 unspecified atom stereocenters. The van der Waals surface area contributed by atoms with Crippen LogP contribution in [0.5, 0.6) is 0 Å². The number of ether oxygens (including phenoxy) is 1. The minimum Gasteiger partial charge on any atom is -0.366 e. The Balaban J connectivity index is 1.55. The molecule has 1 aromatic heterocycles. The van der Waals surface area contributed by atoms with Crippen molar-refractivity contribution in [3.05, 3.63) is 54.1 Å². The summed E-state index contributed by atoms with van der Waals surface area (Å²) in [6.45, 7) is 2.06. The van der Waals surface area contributed by atoms with Gasteiger partial charge in [0, 0.05) is 25.7 Å². The minimum atomic E-state index is -0.406. The molecule has 2 aromatic rings. The molecule has 1 atom stereocenters. The lowest BCUT2D eigenvalue weighted by molar-refractivity contribution is -0.137. The van der Waals surface area contributed by atoms with Crippen molar-refractivity contribution in [3.8, 4) is 0 Å². The van der Waals surface area contributed by atoms with Crippen molar-refractivity contribution in [2.24, 2.45) is 0 Å². The van der Waals surface area contributed by atoms with Crippen molar-refractivity contribution >= 4 is 5.91 Å². The van der Waals surface area contributed by atoms with Crippen LogP contribution >= 0.6 is 0 Å². The SMILES string of the molecule is O=C1NCCO[C@H]1Cc1cn(CCc2ccccc2)cn1. The molecule has 1 aromatic carbocycles. The molecule has 1 fully saturated rings. The Kier molecular flexibility index (Phi) is 4.31. The summed E-state index contributed by atoms with van der Waals surface area (Å²) < 4.78 is 7.53. The molecule has 21 heavy (non-hydrogen) atoms. The number of benzene rings is 1. The van der Waals surface area contributed by atoms with Gasteiger partial charge in [-0.25, -0.2) is 4.98 Å². The Bertz CT molecular complexity index is 595. The molecule has 1 aliphatic rings. The molecule has 0 radical (unpaired) electrons. The van der Waals surface area contributed by atoms with Gasteiger partial charge in [0.05, 0.1) is 18.6 Å². The zero-order valence-electron chi connectivity index (χ0n) is 11.9. The van der Waals surface area contributed by atoms with Gasteiger partial charge in [-0.05, 0) is 12.0 Å². The van der Waals surface area contributed by atoms with Crippen molar-refractivity contribution in [1.29, 1.82) is 0 Å². The van der Waals surface area contributed by atoms with Crippen molar-refractivity contribution in [3.63, 3.8) is 0 Å². The molecule has 1 amide bonds. The Morgan fingerprint density at radius 3 is 3.00 bits per heavy atom. The summed E-state index contributed by atoms with van der Waals surface area (Å²) in [5.74, 6) is -0.0416. The lowest BCUT2D eigenvalue weighted by Gasteiger charge is -2.21. The summed E-state index contributed by atoms with van der Waals surface area (Å²) in [5.41, 5.74) is 2.20. The molecule has 0 aliphatic carbocycles. The van der Waals surface area contributed by atoms with Crippen molar-refractivity contribution < 1.29 is 9.53 Å². The van der Waals surface area contributed by atoms with E-state index in [4.69, 9.17) is 4.74 Å². The van der Waals surface area contributed by atoms with Crippen LogP contribution in [0.25, 0.3) is 0 Å². The number of hydrogen-bond donors (Lipinski definition) is 1. The second kappa shape index (κ2) is 6.54. The maximum absolute atomic E-state index is 11.6. The summed E-state index contributed by atoms with van der Waals surface area (Å²) in [6, 6.07) is 10.4. The fraction of sp³-hybridized carbons (Fsp3) is 0.375. The third-order valence-corrected chi connectivity index (χ3v) is 3.60. The van der Waals surface area contributed by atoms with E-state index in [1.807, 2.05) is 30.7 Å². The summed E-state index contributed by atoms with van der Waals surface area (Å²) in [4.78, 5) is 16.0. The summed E-state index contributed by atoms with van der Waals surface area (Å²) in [5, 5.41) is 2.81. The normalized spacial score (nSPS) is 18.5. The van der Waals surface area contributed by atoms with Crippen LogP contribution in [0.3, 0.4) is 0 Å². The monoisotopic (exact) mass is 285 g/mol. The summed E-state index contributed by atoms with van der Waals surface area (Å²) in [6.07, 6.45) is 4.91. The molecule has 3 rings (SSSR count). The van der Waals surface area contributed by atoms with Gasteiger partial charge in [-0.3, -0.25) is 4.79 Å². The molecule has 1 N–H and O–H groups in total. The van der Waals surface area contributed by atoms with Gasteiger partial charge in [0.25, 0.3) is 0 Å². The number of nitrogens with one attached hydrogen (secondary N) is 1. The van der Waals surface area contributed by atoms with E-state index in [2.05, 4.69) is 27.0 Å². The molecule has 2 heterocycles. The van der Waals surface area contributed by atoms with Crippen LogP contribution in [0.15, 0.2) is 42.9 Å². The molecule has 1 saturated heterocycles. The second-order valence-electron chi connectivity index (χ2n) is 5.19. The topological polar surface area (TPSA) is 56.1 Å². The minimum absolute atomic E-state index is 0.0416. The van der Waals surface area contributed by atoms with Gasteiger partial charge in [-0.1, -0.05) is 30.3 Å². The van der Waals surface area contributed by atoms with E-state index in [9.17, 15) is 4.79 Å². The van der Waals surface area contributed by atoms with Crippen molar-refractivity contribution in [2.75, 3.05) is 13.2 Å². The highest BCUT2D eigenvalue weighted by Crippen LogP contribution is 2.08. The van der Waals surface area contributed by atoms with Crippen LogP contribution in [0.1, 0.15) is 11.3 Å². The van der Waals surface area contributed by atoms with Crippen LogP contribution in [-0.4, -0.2) is 34.7 Å². The standard InChI is InChI=1S/C16H19N3O2/c20-16-15(21-9-7-17-16)10-14-11-19(12-18-14)8-6-13-4-2-1-3-5-13/h1-5,11-12,15H,6-10H2,(H,17,20)/t15-/m0/s1. The maximum Gasteiger partial charge on any atom is 0.249 e. The van der Waals surface area contributed by atoms with Crippen molar-refractivity contribution in [1.82, 2.24) is 14.9 Å². The number of morpholine rings is 1. The van der Waals surface area contributed by atoms with Gasteiger partial charge in [0.1, 0.15) is 6.10 Å². The Labute approximate surface area is 124 Å². The first-order valence-corrected chi connectivity index (χ1v) is 7.25. The summed E-state index contributed by atoms with van der Waals surface area (Å²) in [7, 11) is 0. The number of rotatable bonds is 5. The molecule has 5 heteroatoms. The zero-order valence-corrected chi connectivity index (χ0v) is 11.9. The number of aromatic nitrogens is 2. The van der Waals surface area contributed by atoms with E-state index in [1.54, 1.807) is 0 Å². The molecule has 110 valence electrons. The van der Waals surface area contributed by atoms with Crippen LogP contribution < -0.4 is 5.32 Å².